The van der Waals surface area contributed by atoms with E-state index in [0.29, 0.717) is 0 Å². The van der Waals surface area contributed by atoms with Gasteiger partial charge < -0.3 is 4.90 Å². The van der Waals surface area contributed by atoms with E-state index < -0.39 is 0 Å². The summed E-state index contributed by atoms with van der Waals surface area (Å²) < 4.78 is 0. The molecule has 1 aromatic rings. The maximum absolute atomic E-state index is 4.24. The van der Waals surface area contributed by atoms with Crippen molar-refractivity contribution in [1.82, 2.24) is 25.5 Å². The van der Waals surface area contributed by atoms with Crippen LogP contribution in [0.25, 0.3) is 0 Å². The van der Waals surface area contributed by atoms with E-state index in [9.17, 15) is 0 Å². The Morgan fingerprint density at radius 1 is 1.26 bits per heavy atom. The molecule has 1 aliphatic heterocycles. The van der Waals surface area contributed by atoms with E-state index in [0.717, 1.165) is 56.1 Å². The van der Waals surface area contributed by atoms with E-state index in [4.69, 9.17) is 0 Å². The molecule has 1 atom stereocenters. The highest BCUT2D eigenvalue weighted by Gasteiger charge is 2.19. The van der Waals surface area contributed by atoms with Gasteiger partial charge in [0.15, 0.2) is 0 Å². The van der Waals surface area contributed by atoms with Crippen molar-refractivity contribution in [2.75, 3.05) is 13.1 Å². The molecule has 5 nitrogen and oxygen atoms in total. The second-order valence-electron chi connectivity index (χ2n) is 7.66. The average molecular weight is 366 g/mol. The highest BCUT2D eigenvalue weighted by molar-refractivity contribution is 5.43. The largest absolute Gasteiger partial charge is 0.300 e. The molecule has 0 radical (unpaired) electrons. The molecule has 1 saturated heterocycles. The summed E-state index contributed by atoms with van der Waals surface area (Å²) in [7, 11) is 0. The Morgan fingerprint density at radius 3 is 2.81 bits per heavy atom. The van der Waals surface area contributed by atoms with Gasteiger partial charge in [0.1, 0.15) is 5.82 Å². The van der Waals surface area contributed by atoms with Crippen molar-refractivity contribution < 1.29 is 0 Å². The summed E-state index contributed by atoms with van der Waals surface area (Å²) in [5, 5.41) is 14.0. The van der Waals surface area contributed by atoms with Gasteiger partial charge in [-0.05, 0) is 73.6 Å². The van der Waals surface area contributed by atoms with Crippen LogP contribution in [0, 0.1) is 0 Å². The van der Waals surface area contributed by atoms with Crippen LogP contribution >= 0.6 is 0 Å². The van der Waals surface area contributed by atoms with E-state index in [2.05, 4.69) is 69.9 Å². The zero-order valence-electron chi connectivity index (χ0n) is 16.5. The zero-order chi connectivity index (χ0) is 19.1. The van der Waals surface area contributed by atoms with Crippen LogP contribution in [0.5, 0.6) is 0 Å². The van der Waals surface area contributed by atoms with Crippen LogP contribution in [0.3, 0.4) is 0 Å². The number of tetrazole rings is 1. The van der Waals surface area contributed by atoms with Gasteiger partial charge in [-0.3, -0.25) is 0 Å². The quantitative estimate of drug-likeness (QED) is 0.662. The van der Waals surface area contributed by atoms with Crippen LogP contribution in [-0.4, -0.2) is 44.7 Å². The minimum Gasteiger partial charge on any atom is -0.300 e. The molecular formula is C22H31N5. The van der Waals surface area contributed by atoms with Crippen molar-refractivity contribution in [3.05, 3.63) is 65.6 Å². The second kappa shape index (κ2) is 9.60. The van der Waals surface area contributed by atoms with Crippen LogP contribution in [0.1, 0.15) is 51.3 Å². The van der Waals surface area contributed by atoms with Crippen LogP contribution < -0.4 is 0 Å². The van der Waals surface area contributed by atoms with Gasteiger partial charge in [0, 0.05) is 19.0 Å². The van der Waals surface area contributed by atoms with Gasteiger partial charge >= 0.3 is 0 Å². The first-order valence-corrected chi connectivity index (χ1v) is 10.0. The van der Waals surface area contributed by atoms with E-state index in [-0.39, 0.29) is 0 Å². The van der Waals surface area contributed by atoms with Crippen molar-refractivity contribution >= 4 is 0 Å². The number of hydrogen-bond acceptors (Lipinski definition) is 4. The number of likely N-dealkylation sites (tertiary alicyclic amines) is 1. The lowest BCUT2D eigenvalue weighted by Gasteiger charge is -2.20. The first-order chi connectivity index (χ1) is 13.1. The third kappa shape index (κ3) is 5.86. The fraction of sp³-hybridized carbons (Fsp3) is 0.500. The molecule has 0 spiro atoms. The Kier molecular flexibility index (Phi) is 6.93. The molecule has 0 amide bonds. The topological polar surface area (TPSA) is 57.7 Å². The van der Waals surface area contributed by atoms with E-state index in [1.807, 2.05) is 0 Å². The predicted molar refractivity (Wildman–Crippen MR) is 110 cm³/mol. The van der Waals surface area contributed by atoms with Gasteiger partial charge in [0.2, 0.25) is 0 Å². The number of rotatable bonds is 9. The number of aromatic amines is 1. The molecule has 1 aromatic heterocycles. The molecule has 1 aliphatic carbocycles. The van der Waals surface area contributed by atoms with Crippen molar-refractivity contribution in [2.45, 2.75) is 57.9 Å². The Labute approximate surface area is 162 Å². The fourth-order valence-electron chi connectivity index (χ4n) is 3.74. The lowest BCUT2D eigenvalue weighted by Crippen LogP contribution is -2.27. The highest BCUT2D eigenvalue weighted by Crippen LogP contribution is 2.26. The normalized spacial score (nSPS) is 20.7. The minimum atomic E-state index is 0.727. The van der Waals surface area contributed by atoms with Crippen LogP contribution in [0.2, 0.25) is 0 Å². The summed E-state index contributed by atoms with van der Waals surface area (Å²) in [6.07, 6.45) is 16.4. The number of nitrogens with zero attached hydrogens (tertiary/aromatic N) is 4. The molecule has 3 rings (SSSR count). The minimum absolute atomic E-state index is 0.727. The van der Waals surface area contributed by atoms with Crippen molar-refractivity contribution in [1.29, 1.82) is 0 Å². The predicted octanol–water partition coefficient (Wildman–Crippen LogP) is 4.32. The first-order valence-electron chi connectivity index (χ1n) is 10.0. The third-order valence-electron chi connectivity index (χ3n) is 5.65. The standard InChI is InChI=1S/C22H31N5/c1-17(14-16-27-15-4-5-19(27)3)6-7-18(2)21-11-8-20(9-12-21)10-13-22-23-25-26-24-22/h6-8,11,19H,1-2,4-5,9-10,12-16H2,3H3,(H,23,24,25,26)/b7-6-/t19-/m1/s1. The second-order valence-corrected chi connectivity index (χ2v) is 7.66. The van der Waals surface area contributed by atoms with Gasteiger partial charge in [0.05, 0.1) is 0 Å². The Balaban J connectivity index is 1.43. The van der Waals surface area contributed by atoms with Gasteiger partial charge in [-0.25, -0.2) is 5.10 Å². The maximum atomic E-state index is 4.24. The monoisotopic (exact) mass is 365 g/mol. The van der Waals surface area contributed by atoms with Gasteiger partial charge in [-0.2, -0.15) is 0 Å². The first kappa shape index (κ1) is 19.5. The molecule has 0 bridgehead atoms. The fourth-order valence-corrected chi connectivity index (χ4v) is 3.74. The van der Waals surface area contributed by atoms with E-state index >= 15 is 0 Å². The molecule has 5 heteroatoms. The molecule has 144 valence electrons. The lowest BCUT2D eigenvalue weighted by atomic mass is 9.91. The highest BCUT2D eigenvalue weighted by atomic mass is 15.5. The summed E-state index contributed by atoms with van der Waals surface area (Å²) in [4.78, 5) is 2.57. The zero-order valence-corrected chi connectivity index (χ0v) is 16.5. The number of aryl methyl sites for hydroxylation is 1. The number of H-pyrrole nitrogens is 1. The van der Waals surface area contributed by atoms with Gasteiger partial charge in [-0.15, -0.1) is 5.10 Å². The van der Waals surface area contributed by atoms with Crippen LogP contribution in [0.15, 0.2) is 59.8 Å². The molecule has 1 N–H and O–H groups in total. The summed E-state index contributed by atoms with van der Waals surface area (Å²) in [6, 6.07) is 0.727. The van der Waals surface area contributed by atoms with Crippen molar-refractivity contribution in [3.8, 4) is 0 Å². The molecule has 27 heavy (non-hydrogen) atoms. The number of allylic oxidation sites excluding steroid dienone is 7. The summed E-state index contributed by atoms with van der Waals surface area (Å²) in [5.41, 5.74) is 5.04. The Hall–Kier alpha value is -2.27. The number of hydrogen-bond donors (Lipinski definition) is 1. The summed E-state index contributed by atoms with van der Waals surface area (Å²) >= 11 is 0. The third-order valence-corrected chi connectivity index (χ3v) is 5.65. The molecular weight excluding hydrogens is 334 g/mol. The Bertz CT molecular complexity index is 739. The maximum Gasteiger partial charge on any atom is 0.148 e. The molecule has 1 fully saturated rings. The lowest BCUT2D eigenvalue weighted by molar-refractivity contribution is 0.273. The van der Waals surface area contributed by atoms with Crippen LogP contribution in [0.4, 0.5) is 0 Å². The molecule has 0 saturated carbocycles. The van der Waals surface area contributed by atoms with Crippen LogP contribution in [-0.2, 0) is 6.42 Å². The SMILES string of the molecule is C=C(/C=C\C(=C)C1=CC=C(CCc2nnn[nH]2)CC1)CCN1CCC[C@H]1C. The number of aromatic nitrogens is 4. The summed E-state index contributed by atoms with van der Waals surface area (Å²) in [5.74, 6) is 0.847. The molecule has 2 heterocycles. The van der Waals surface area contributed by atoms with E-state index in [1.54, 1.807) is 0 Å². The molecule has 2 aliphatic rings. The van der Waals surface area contributed by atoms with Crippen molar-refractivity contribution in [2.24, 2.45) is 0 Å². The Morgan fingerprint density at radius 2 is 2.15 bits per heavy atom. The summed E-state index contributed by atoms with van der Waals surface area (Å²) in [6.45, 7) is 13.1. The van der Waals surface area contributed by atoms with Gasteiger partial charge in [0.25, 0.3) is 0 Å². The number of nitrogens with one attached hydrogen (secondary N) is 1. The van der Waals surface area contributed by atoms with Gasteiger partial charge in [-0.1, -0.05) is 48.6 Å². The average Bonchev–Trinajstić information content (AvgIpc) is 3.35. The molecule has 0 aromatic carbocycles. The molecule has 0 unspecified atom stereocenters. The smallest absolute Gasteiger partial charge is 0.148 e. The van der Waals surface area contributed by atoms with Crippen molar-refractivity contribution in [3.63, 3.8) is 0 Å². The van der Waals surface area contributed by atoms with E-state index in [1.165, 1.54) is 36.1 Å².